The minimum atomic E-state index is -0.406. The van der Waals surface area contributed by atoms with E-state index in [9.17, 15) is 9.59 Å². The first-order chi connectivity index (χ1) is 13.6. The molecule has 6 nitrogen and oxygen atoms in total. The second kappa shape index (κ2) is 11.4. The summed E-state index contributed by atoms with van der Waals surface area (Å²) in [5.41, 5.74) is 1.17. The van der Waals surface area contributed by atoms with Crippen molar-refractivity contribution in [3.63, 3.8) is 0 Å². The quantitative estimate of drug-likeness (QED) is 0.302. The monoisotopic (exact) mass is 389 g/mol. The fraction of sp³-hybridized carbons (Fsp3) is 0.545. The molecular weight excluding hydrogens is 358 g/mol. The molecule has 154 valence electrons. The van der Waals surface area contributed by atoms with Gasteiger partial charge in [-0.25, -0.2) is 4.79 Å². The van der Waals surface area contributed by atoms with E-state index >= 15 is 0 Å². The van der Waals surface area contributed by atoms with E-state index in [0.29, 0.717) is 31.0 Å². The molecule has 0 N–H and O–H groups in total. The Balaban J connectivity index is 1.89. The maximum atomic E-state index is 11.9. The largest absolute Gasteiger partial charge is 0.493 e. The van der Waals surface area contributed by atoms with Crippen molar-refractivity contribution in [1.29, 1.82) is 0 Å². The van der Waals surface area contributed by atoms with Crippen LogP contribution in [-0.4, -0.2) is 32.3 Å². The number of hydrogen-bond acceptors (Lipinski definition) is 6. The molecule has 28 heavy (non-hydrogen) atoms. The molecule has 2 aromatic rings. The number of anilines is 1. The normalized spacial score (nSPS) is 10.8. The van der Waals surface area contributed by atoms with Gasteiger partial charge in [-0.2, -0.15) is 0 Å². The number of benzene rings is 1. The Morgan fingerprint density at radius 2 is 1.71 bits per heavy atom. The van der Waals surface area contributed by atoms with E-state index in [-0.39, 0.29) is 5.97 Å². The van der Waals surface area contributed by atoms with E-state index in [1.54, 1.807) is 6.92 Å². The van der Waals surface area contributed by atoms with Crippen LogP contribution < -0.4 is 15.3 Å². The van der Waals surface area contributed by atoms with Crippen molar-refractivity contribution in [3.8, 4) is 5.75 Å². The van der Waals surface area contributed by atoms with Crippen LogP contribution in [0.1, 0.15) is 52.9 Å². The first kappa shape index (κ1) is 21.8. The van der Waals surface area contributed by atoms with Crippen LogP contribution in [0.5, 0.6) is 5.75 Å². The Morgan fingerprint density at radius 3 is 2.39 bits per heavy atom. The number of nitrogens with zero attached hydrogens (tertiary/aromatic N) is 1. The number of hydrogen-bond donors (Lipinski definition) is 0. The zero-order valence-corrected chi connectivity index (χ0v) is 17.2. The van der Waals surface area contributed by atoms with Crippen LogP contribution in [0, 0.1) is 0 Å². The third kappa shape index (κ3) is 6.29. The van der Waals surface area contributed by atoms with Gasteiger partial charge in [-0.15, -0.1) is 0 Å². The molecule has 6 heteroatoms. The summed E-state index contributed by atoms with van der Waals surface area (Å²) in [6, 6.07) is 7.28. The lowest BCUT2D eigenvalue weighted by molar-refractivity contribution is -0.143. The number of ether oxygens (including phenoxy) is 2. The number of esters is 1. The third-order valence-corrected chi connectivity index (χ3v) is 4.67. The molecule has 0 atom stereocenters. The summed E-state index contributed by atoms with van der Waals surface area (Å²) >= 11 is 0. The standard InChI is InChI=1S/C22H31NO5/c1-4-21(24)27-14-10-8-7-9-13-26-19-16-22(25)28-20-15-17(11-12-18(19)20)23(5-2)6-3/h11-12,15-16H,4-10,13-14H2,1-3H3. The van der Waals surface area contributed by atoms with Crippen LogP contribution in [0.4, 0.5) is 5.69 Å². The Kier molecular flexibility index (Phi) is 8.85. The molecule has 0 aliphatic rings. The molecule has 0 unspecified atom stereocenters. The SMILES string of the molecule is CCC(=O)OCCCCCCOc1cc(=O)oc2cc(N(CC)CC)ccc12. The van der Waals surface area contributed by atoms with E-state index in [2.05, 4.69) is 18.7 Å². The Bertz CT molecular complexity index is 810. The highest BCUT2D eigenvalue weighted by atomic mass is 16.5. The van der Waals surface area contributed by atoms with Gasteiger partial charge in [-0.1, -0.05) is 6.92 Å². The average molecular weight is 389 g/mol. The Morgan fingerprint density at radius 1 is 1.00 bits per heavy atom. The van der Waals surface area contributed by atoms with Crippen molar-refractivity contribution < 1.29 is 18.7 Å². The third-order valence-electron chi connectivity index (χ3n) is 4.67. The van der Waals surface area contributed by atoms with Gasteiger partial charge in [0, 0.05) is 31.3 Å². The van der Waals surface area contributed by atoms with Gasteiger partial charge >= 0.3 is 11.6 Å². The number of rotatable bonds is 12. The van der Waals surface area contributed by atoms with E-state index in [1.165, 1.54) is 6.07 Å². The van der Waals surface area contributed by atoms with Gasteiger partial charge in [-0.3, -0.25) is 4.79 Å². The summed E-state index contributed by atoms with van der Waals surface area (Å²) in [6.07, 6.45) is 4.11. The van der Waals surface area contributed by atoms with Crippen molar-refractivity contribution in [2.75, 3.05) is 31.2 Å². The molecule has 1 aromatic heterocycles. The minimum absolute atomic E-state index is 0.151. The van der Waals surface area contributed by atoms with Crippen molar-refractivity contribution in [2.24, 2.45) is 0 Å². The maximum Gasteiger partial charge on any atom is 0.339 e. The van der Waals surface area contributed by atoms with E-state index in [1.807, 2.05) is 18.2 Å². The van der Waals surface area contributed by atoms with Crippen LogP contribution in [0.2, 0.25) is 0 Å². The average Bonchev–Trinajstić information content (AvgIpc) is 2.70. The lowest BCUT2D eigenvalue weighted by Gasteiger charge is -2.21. The molecule has 0 radical (unpaired) electrons. The summed E-state index contributed by atoms with van der Waals surface area (Å²) < 4.78 is 16.3. The van der Waals surface area contributed by atoms with Gasteiger partial charge in [0.25, 0.3) is 0 Å². The van der Waals surface area contributed by atoms with Gasteiger partial charge in [0.2, 0.25) is 0 Å². The van der Waals surface area contributed by atoms with Crippen molar-refractivity contribution in [2.45, 2.75) is 52.9 Å². The molecule has 1 heterocycles. The van der Waals surface area contributed by atoms with Crippen molar-refractivity contribution in [3.05, 3.63) is 34.7 Å². The highest BCUT2D eigenvalue weighted by Gasteiger charge is 2.10. The highest BCUT2D eigenvalue weighted by molar-refractivity contribution is 5.86. The molecule has 0 spiro atoms. The molecule has 0 saturated heterocycles. The number of fused-ring (bicyclic) bond motifs is 1. The Labute approximate surface area is 166 Å². The molecule has 0 aliphatic carbocycles. The smallest absolute Gasteiger partial charge is 0.339 e. The first-order valence-electron chi connectivity index (χ1n) is 10.2. The molecule has 0 saturated carbocycles. The van der Waals surface area contributed by atoms with Crippen LogP contribution in [0.3, 0.4) is 0 Å². The van der Waals surface area contributed by atoms with Gasteiger partial charge in [0.05, 0.1) is 24.7 Å². The van der Waals surface area contributed by atoms with Crippen LogP contribution in [0.25, 0.3) is 11.0 Å². The predicted octanol–water partition coefficient (Wildman–Crippen LogP) is 4.53. The van der Waals surface area contributed by atoms with Crippen molar-refractivity contribution >= 4 is 22.6 Å². The van der Waals surface area contributed by atoms with E-state index in [0.717, 1.165) is 49.8 Å². The minimum Gasteiger partial charge on any atom is -0.493 e. The molecule has 1 aromatic carbocycles. The number of unbranched alkanes of at least 4 members (excludes halogenated alkanes) is 3. The second-order valence-electron chi connectivity index (χ2n) is 6.62. The topological polar surface area (TPSA) is 69.0 Å². The molecular formula is C22H31NO5. The second-order valence-corrected chi connectivity index (χ2v) is 6.62. The summed E-state index contributed by atoms with van der Waals surface area (Å²) in [5, 5.41) is 0.807. The molecule has 0 amide bonds. The summed E-state index contributed by atoms with van der Waals surface area (Å²) in [6.45, 7) is 8.77. The number of carbonyl (C=O) groups is 1. The molecule has 0 aliphatic heterocycles. The van der Waals surface area contributed by atoms with Gasteiger partial charge in [0.15, 0.2) is 0 Å². The first-order valence-corrected chi connectivity index (χ1v) is 10.2. The van der Waals surface area contributed by atoms with Crippen LogP contribution >= 0.6 is 0 Å². The molecule has 0 bridgehead atoms. The zero-order chi connectivity index (χ0) is 20.4. The molecule has 0 fully saturated rings. The predicted molar refractivity (Wildman–Crippen MR) is 111 cm³/mol. The van der Waals surface area contributed by atoms with Gasteiger partial charge in [-0.05, 0) is 51.7 Å². The lowest BCUT2D eigenvalue weighted by Crippen LogP contribution is -2.21. The highest BCUT2D eigenvalue weighted by Crippen LogP contribution is 2.28. The molecule has 2 rings (SSSR count). The number of carbonyl (C=O) groups excluding carboxylic acids is 1. The summed E-state index contributed by atoms with van der Waals surface area (Å²) in [7, 11) is 0. The fourth-order valence-corrected chi connectivity index (χ4v) is 3.05. The fourth-order valence-electron chi connectivity index (χ4n) is 3.05. The van der Waals surface area contributed by atoms with Crippen molar-refractivity contribution in [1.82, 2.24) is 0 Å². The van der Waals surface area contributed by atoms with Gasteiger partial charge in [0.1, 0.15) is 11.3 Å². The lowest BCUT2D eigenvalue weighted by atomic mass is 10.2. The van der Waals surface area contributed by atoms with E-state index < -0.39 is 5.63 Å². The summed E-state index contributed by atoms with van der Waals surface area (Å²) in [5.74, 6) is 0.413. The Hall–Kier alpha value is -2.50. The van der Waals surface area contributed by atoms with Gasteiger partial charge < -0.3 is 18.8 Å². The summed E-state index contributed by atoms with van der Waals surface area (Å²) in [4.78, 5) is 25.2. The maximum absolute atomic E-state index is 11.9. The van der Waals surface area contributed by atoms with E-state index in [4.69, 9.17) is 13.9 Å². The van der Waals surface area contributed by atoms with Crippen LogP contribution in [0.15, 0.2) is 33.5 Å². The zero-order valence-electron chi connectivity index (χ0n) is 17.2. The van der Waals surface area contributed by atoms with Crippen LogP contribution in [-0.2, 0) is 9.53 Å².